The van der Waals surface area contributed by atoms with Crippen molar-refractivity contribution >= 4 is 16.0 Å². The minimum absolute atomic E-state index is 0.0383. The number of aromatic nitrogens is 2. The largest absolute Gasteiger partial charge is 0.241 e. The van der Waals surface area contributed by atoms with E-state index in [0.29, 0.717) is 22.5 Å². The molecule has 0 fully saturated rings. The summed E-state index contributed by atoms with van der Waals surface area (Å²) in [5.41, 5.74) is 2.42. The van der Waals surface area contributed by atoms with Gasteiger partial charge >= 0.3 is 0 Å². The third kappa shape index (κ3) is 3.67. The van der Waals surface area contributed by atoms with Gasteiger partial charge in [0.1, 0.15) is 5.82 Å². The third-order valence-corrected chi connectivity index (χ3v) is 4.63. The minimum Gasteiger partial charge on any atom is -0.241 e. The van der Waals surface area contributed by atoms with Crippen LogP contribution < -0.4 is 4.31 Å². The van der Waals surface area contributed by atoms with Gasteiger partial charge in [-0.15, -0.1) is 0 Å². The quantitative estimate of drug-likeness (QED) is 0.861. The molecule has 0 aliphatic heterocycles. The van der Waals surface area contributed by atoms with E-state index in [1.807, 2.05) is 13.8 Å². The first kappa shape index (κ1) is 17.3. The van der Waals surface area contributed by atoms with Crippen LogP contribution in [0.2, 0.25) is 0 Å². The van der Waals surface area contributed by atoms with Crippen molar-refractivity contribution in [2.75, 3.05) is 17.6 Å². The predicted molar refractivity (Wildman–Crippen MR) is 89.2 cm³/mol. The fourth-order valence-corrected chi connectivity index (χ4v) is 2.48. The summed E-state index contributed by atoms with van der Waals surface area (Å²) in [6, 6.07) is 5.82. The molecule has 0 aliphatic rings. The van der Waals surface area contributed by atoms with Crippen LogP contribution in [-0.2, 0) is 10.0 Å². The van der Waals surface area contributed by atoms with Crippen LogP contribution in [0.15, 0.2) is 24.3 Å². The van der Waals surface area contributed by atoms with Gasteiger partial charge in [-0.25, -0.2) is 27.1 Å². The number of benzene rings is 1. The molecule has 2 rings (SSSR count). The number of hydrogen-bond acceptors (Lipinski definition) is 4. The molecule has 0 spiro atoms. The predicted octanol–water partition coefficient (Wildman–Crippen LogP) is 2.98. The molecule has 123 valence electrons. The Labute approximate surface area is 136 Å². The molecule has 0 atom stereocenters. The first-order valence-corrected chi connectivity index (χ1v) is 8.89. The highest BCUT2D eigenvalue weighted by Gasteiger charge is 2.21. The van der Waals surface area contributed by atoms with Crippen LogP contribution in [-0.4, -0.2) is 31.7 Å². The molecule has 23 heavy (non-hydrogen) atoms. The van der Waals surface area contributed by atoms with E-state index in [-0.39, 0.29) is 17.7 Å². The van der Waals surface area contributed by atoms with Crippen molar-refractivity contribution in [1.29, 1.82) is 0 Å². The molecule has 0 N–H and O–H groups in total. The van der Waals surface area contributed by atoms with Gasteiger partial charge < -0.3 is 0 Å². The second kappa shape index (κ2) is 6.23. The molecular formula is C16H19FN3O2S. The molecule has 0 unspecified atom stereocenters. The van der Waals surface area contributed by atoms with Crippen molar-refractivity contribution < 1.29 is 12.8 Å². The lowest BCUT2D eigenvalue weighted by Crippen LogP contribution is -2.27. The zero-order chi connectivity index (χ0) is 17.4. The molecular weight excluding hydrogens is 317 g/mol. The molecule has 0 aliphatic carbocycles. The monoisotopic (exact) mass is 336 g/mol. The Bertz CT molecular complexity index is 818. The number of hydrogen-bond donors (Lipinski definition) is 0. The van der Waals surface area contributed by atoms with Crippen molar-refractivity contribution in [2.45, 2.75) is 19.8 Å². The van der Waals surface area contributed by atoms with Gasteiger partial charge in [0, 0.05) is 18.2 Å². The summed E-state index contributed by atoms with van der Waals surface area (Å²) in [6.07, 6.45) is 1.08. The lowest BCUT2D eigenvalue weighted by molar-refractivity contribution is 0.599. The van der Waals surface area contributed by atoms with E-state index in [9.17, 15) is 12.8 Å². The average Bonchev–Trinajstić information content (AvgIpc) is 2.46. The van der Waals surface area contributed by atoms with Gasteiger partial charge in [-0.05, 0) is 37.1 Å². The van der Waals surface area contributed by atoms with E-state index in [1.165, 1.54) is 19.2 Å². The Hall–Kier alpha value is -2.02. The third-order valence-electron chi connectivity index (χ3n) is 3.47. The second-order valence-corrected chi connectivity index (χ2v) is 7.64. The summed E-state index contributed by atoms with van der Waals surface area (Å²) < 4.78 is 37.7. The van der Waals surface area contributed by atoms with E-state index in [2.05, 4.69) is 16.9 Å². The Morgan fingerprint density at radius 2 is 1.74 bits per heavy atom. The van der Waals surface area contributed by atoms with Crippen LogP contribution >= 0.6 is 0 Å². The second-order valence-electron chi connectivity index (χ2n) is 5.63. The number of sulfonamides is 1. The van der Waals surface area contributed by atoms with Crippen molar-refractivity contribution in [3.8, 4) is 11.3 Å². The lowest BCUT2D eigenvalue weighted by atomic mass is 10.00. The van der Waals surface area contributed by atoms with Gasteiger partial charge in [0.2, 0.25) is 16.0 Å². The molecule has 1 radical (unpaired) electrons. The summed E-state index contributed by atoms with van der Waals surface area (Å²) in [5, 5.41) is 0. The lowest BCUT2D eigenvalue weighted by Gasteiger charge is -2.20. The Balaban J connectivity index is 2.70. The Morgan fingerprint density at radius 1 is 1.17 bits per heavy atom. The first-order valence-electron chi connectivity index (χ1n) is 7.05. The van der Waals surface area contributed by atoms with Crippen LogP contribution in [0.1, 0.15) is 31.0 Å². The fourth-order valence-electron chi connectivity index (χ4n) is 2.10. The molecule has 0 amide bonds. The molecule has 2 aromatic rings. The van der Waals surface area contributed by atoms with Crippen molar-refractivity contribution in [1.82, 2.24) is 9.97 Å². The van der Waals surface area contributed by atoms with E-state index in [1.54, 1.807) is 12.1 Å². The Kier molecular flexibility index (Phi) is 4.70. The van der Waals surface area contributed by atoms with Gasteiger partial charge in [0.25, 0.3) is 0 Å². The zero-order valence-corrected chi connectivity index (χ0v) is 14.4. The van der Waals surface area contributed by atoms with E-state index in [4.69, 9.17) is 0 Å². The van der Waals surface area contributed by atoms with Gasteiger partial charge in [-0.1, -0.05) is 13.8 Å². The maximum absolute atomic E-state index is 13.1. The zero-order valence-electron chi connectivity index (χ0n) is 13.5. The molecule has 1 heterocycles. The maximum Gasteiger partial charge on any atom is 0.239 e. The van der Waals surface area contributed by atoms with Crippen molar-refractivity contribution in [2.24, 2.45) is 0 Å². The summed E-state index contributed by atoms with van der Waals surface area (Å²) in [6.45, 7) is 7.90. The topological polar surface area (TPSA) is 63.2 Å². The van der Waals surface area contributed by atoms with Crippen LogP contribution in [0, 0.1) is 12.7 Å². The maximum atomic E-state index is 13.1. The summed E-state index contributed by atoms with van der Waals surface area (Å²) in [5.74, 6) is -0.245. The van der Waals surface area contributed by atoms with Crippen molar-refractivity contribution in [3.63, 3.8) is 0 Å². The number of halogens is 1. The summed E-state index contributed by atoms with van der Waals surface area (Å²) >= 11 is 0. The highest BCUT2D eigenvalue weighted by atomic mass is 32.2. The van der Waals surface area contributed by atoms with Crippen LogP contribution in [0.5, 0.6) is 0 Å². The highest BCUT2D eigenvalue weighted by molar-refractivity contribution is 7.92. The number of nitrogens with zero attached hydrogens (tertiary/aromatic N) is 3. The molecule has 1 aromatic heterocycles. The normalized spacial score (nSPS) is 11.8. The SMILES string of the molecule is [CH2]c1c(-c2ccc(F)cc2)nc(N(C)S(C)(=O)=O)nc1C(C)C. The molecule has 0 saturated heterocycles. The highest BCUT2D eigenvalue weighted by Crippen LogP contribution is 2.29. The van der Waals surface area contributed by atoms with E-state index < -0.39 is 10.0 Å². The van der Waals surface area contributed by atoms with Gasteiger partial charge in [0.05, 0.1) is 17.6 Å². The van der Waals surface area contributed by atoms with Gasteiger partial charge in [0.15, 0.2) is 0 Å². The van der Waals surface area contributed by atoms with Gasteiger partial charge in [-0.2, -0.15) is 0 Å². The molecule has 1 aromatic carbocycles. The van der Waals surface area contributed by atoms with E-state index in [0.717, 1.165) is 10.6 Å². The van der Waals surface area contributed by atoms with Crippen molar-refractivity contribution in [3.05, 3.63) is 48.3 Å². The van der Waals surface area contributed by atoms with Gasteiger partial charge in [-0.3, -0.25) is 0 Å². The number of anilines is 1. The van der Waals surface area contributed by atoms with Crippen LogP contribution in [0.3, 0.4) is 0 Å². The first-order chi connectivity index (χ1) is 10.6. The smallest absolute Gasteiger partial charge is 0.239 e. The molecule has 7 heteroatoms. The van der Waals surface area contributed by atoms with E-state index >= 15 is 0 Å². The summed E-state index contributed by atoms with van der Waals surface area (Å²) in [4.78, 5) is 8.67. The molecule has 0 bridgehead atoms. The average molecular weight is 336 g/mol. The molecule has 0 saturated carbocycles. The standard InChI is InChI=1S/C16H19FN3O2S/c1-10(2)14-11(3)15(12-6-8-13(17)9-7-12)19-16(18-14)20(4)23(5,21)22/h6-10H,3H2,1-2,4-5H3. The fraction of sp³-hybridized carbons (Fsp3) is 0.312. The summed E-state index contributed by atoms with van der Waals surface area (Å²) in [7, 11) is -2.09. The number of rotatable bonds is 4. The molecule has 5 nitrogen and oxygen atoms in total. The minimum atomic E-state index is -3.49. The van der Waals surface area contributed by atoms with Crippen LogP contribution in [0.25, 0.3) is 11.3 Å². The Morgan fingerprint density at radius 3 is 2.22 bits per heavy atom. The van der Waals surface area contributed by atoms with Crippen LogP contribution in [0.4, 0.5) is 10.3 Å².